The Bertz CT molecular complexity index is 850. The van der Waals surface area contributed by atoms with Crippen LogP contribution in [-0.4, -0.2) is 9.97 Å². The SMILES string of the molecule is N#Cc1ccc2nc(NCc3ccc(F)c(Cl)c3)[nH]c2c1. The van der Waals surface area contributed by atoms with Crippen molar-refractivity contribution in [1.82, 2.24) is 9.97 Å². The highest BCUT2D eigenvalue weighted by molar-refractivity contribution is 6.30. The van der Waals surface area contributed by atoms with E-state index in [9.17, 15) is 4.39 Å². The second kappa shape index (κ2) is 5.43. The summed E-state index contributed by atoms with van der Waals surface area (Å²) in [5, 5.41) is 12.1. The number of nitriles is 1. The summed E-state index contributed by atoms with van der Waals surface area (Å²) in [5.41, 5.74) is 2.98. The van der Waals surface area contributed by atoms with E-state index in [1.807, 2.05) is 0 Å². The van der Waals surface area contributed by atoms with Crippen molar-refractivity contribution >= 4 is 28.6 Å². The second-order valence-electron chi connectivity index (χ2n) is 4.53. The third-order valence-electron chi connectivity index (χ3n) is 3.05. The molecule has 0 aliphatic heterocycles. The molecule has 0 radical (unpaired) electrons. The molecule has 4 nitrogen and oxygen atoms in total. The number of aromatic amines is 1. The Morgan fingerprint density at radius 1 is 1.29 bits per heavy atom. The summed E-state index contributed by atoms with van der Waals surface area (Å²) in [6, 6.07) is 11.9. The minimum atomic E-state index is -0.437. The highest BCUT2D eigenvalue weighted by Gasteiger charge is 2.05. The van der Waals surface area contributed by atoms with Gasteiger partial charge in [0, 0.05) is 6.54 Å². The normalized spacial score (nSPS) is 10.5. The van der Waals surface area contributed by atoms with Crippen LogP contribution in [0.15, 0.2) is 36.4 Å². The van der Waals surface area contributed by atoms with E-state index >= 15 is 0 Å². The summed E-state index contributed by atoms with van der Waals surface area (Å²) in [4.78, 5) is 7.45. The number of fused-ring (bicyclic) bond motifs is 1. The number of halogens is 2. The maximum Gasteiger partial charge on any atom is 0.201 e. The lowest BCUT2D eigenvalue weighted by Gasteiger charge is -2.03. The van der Waals surface area contributed by atoms with Gasteiger partial charge in [0.15, 0.2) is 0 Å². The van der Waals surface area contributed by atoms with Crippen LogP contribution in [0.25, 0.3) is 11.0 Å². The molecule has 1 heterocycles. The van der Waals surface area contributed by atoms with Crippen molar-refractivity contribution < 1.29 is 4.39 Å². The molecular formula is C15H10ClFN4. The van der Waals surface area contributed by atoms with Crippen LogP contribution in [0.1, 0.15) is 11.1 Å². The van der Waals surface area contributed by atoms with Gasteiger partial charge in [0.2, 0.25) is 5.95 Å². The van der Waals surface area contributed by atoms with Crippen molar-refractivity contribution in [3.63, 3.8) is 0 Å². The van der Waals surface area contributed by atoms with E-state index in [1.54, 1.807) is 30.3 Å². The second-order valence-corrected chi connectivity index (χ2v) is 4.94. The van der Waals surface area contributed by atoms with E-state index in [0.717, 1.165) is 16.6 Å². The number of hydrogen-bond donors (Lipinski definition) is 2. The number of hydrogen-bond acceptors (Lipinski definition) is 3. The maximum atomic E-state index is 13.1. The van der Waals surface area contributed by atoms with Crippen molar-refractivity contribution in [3.8, 4) is 6.07 Å². The van der Waals surface area contributed by atoms with Crippen LogP contribution in [0.4, 0.5) is 10.3 Å². The molecule has 0 aliphatic rings. The third kappa shape index (κ3) is 2.81. The number of aromatic nitrogens is 2. The predicted molar refractivity (Wildman–Crippen MR) is 79.5 cm³/mol. The highest BCUT2D eigenvalue weighted by Crippen LogP contribution is 2.18. The van der Waals surface area contributed by atoms with E-state index in [0.29, 0.717) is 18.1 Å². The van der Waals surface area contributed by atoms with Crippen LogP contribution in [0.2, 0.25) is 5.02 Å². The smallest absolute Gasteiger partial charge is 0.201 e. The zero-order chi connectivity index (χ0) is 14.8. The third-order valence-corrected chi connectivity index (χ3v) is 3.34. The Morgan fingerprint density at radius 2 is 2.14 bits per heavy atom. The largest absolute Gasteiger partial charge is 0.352 e. The predicted octanol–water partition coefficient (Wildman–Crippen LogP) is 3.84. The summed E-state index contributed by atoms with van der Waals surface area (Å²) >= 11 is 5.74. The topological polar surface area (TPSA) is 64.5 Å². The van der Waals surface area contributed by atoms with Gasteiger partial charge in [-0.15, -0.1) is 0 Å². The van der Waals surface area contributed by atoms with Crippen molar-refractivity contribution in [3.05, 3.63) is 58.4 Å². The van der Waals surface area contributed by atoms with Crippen molar-refractivity contribution in [2.45, 2.75) is 6.54 Å². The zero-order valence-corrected chi connectivity index (χ0v) is 11.6. The van der Waals surface area contributed by atoms with Gasteiger partial charge in [0.25, 0.3) is 0 Å². The van der Waals surface area contributed by atoms with Gasteiger partial charge in [-0.05, 0) is 35.9 Å². The lowest BCUT2D eigenvalue weighted by atomic mass is 10.2. The molecule has 2 N–H and O–H groups in total. The van der Waals surface area contributed by atoms with Gasteiger partial charge in [0.1, 0.15) is 5.82 Å². The molecule has 21 heavy (non-hydrogen) atoms. The van der Waals surface area contributed by atoms with Gasteiger partial charge in [-0.25, -0.2) is 9.37 Å². The molecule has 6 heteroatoms. The minimum Gasteiger partial charge on any atom is -0.352 e. The number of H-pyrrole nitrogens is 1. The average molecular weight is 301 g/mol. The first-order valence-corrected chi connectivity index (χ1v) is 6.61. The first kappa shape index (κ1) is 13.4. The van der Waals surface area contributed by atoms with Gasteiger partial charge < -0.3 is 10.3 Å². The first-order chi connectivity index (χ1) is 10.2. The fraction of sp³-hybridized carbons (Fsp3) is 0.0667. The van der Waals surface area contributed by atoms with Crippen LogP contribution in [0, 0.1) is 17.1 Å². The van der Waals surface area contributed by atoms with Crippen LogP contribution in [0.3, 0.4) is 0 Å². The molecule has 0 amide bonds. The minimum absolute atomic E-state index is 0.0950. The van der Waals surface area contributed by atoms with Gasteiger partial charge in [-0.1, -0.05) is 17.7 Å². The molecule has 0 unspecified atom stereocenters. The molecule has 0 saturated carbocycles. The highest BCUT2D eigenvalue weighted by atomic mass is 35.5. The summed E-state index contributed by atoms with van der Waals surface area (Å²) < 4.78 is 13.1. The zero-order valence-electron chi connectivity index (χ0n) is 10.8. The lowest BCUT2D eigenvalue weighted by Crippen LogP contribution is -2.01. The fourth-order valence-corrected chi connectivity index (χ4v) is 2.20. The van der Waals surface area contributed by atoms with E-state index < -0.39 is 5.82 Å². The molecule has 2 aromatic carbocycles. The summed E-state index contributed by atoms with van der Waals surface area (Å²) in [7, 11) is 0. The molecular weight excluding hydrogens is 291 g/mol. The Morgan fingerprint density at radius 3 is 2.90 bits per heavy atom. The Hall–Kier alpha value is -2.58. The molecule has 0 atom stereocenters. The van der Waals surface area contributed by atoms with E-state index in [1.165, 1.54) is 6.07 Å². The number of anilines is 1. The molecule has 104 valence electrons. The molecule has 3 rings (SSSR count). The average Bonchev–Trinajstić information content (AvgIpc) is 2.90. The van der Waals surface area contributed by atoms with Crippen LogP contribution in [0.5, 0.6) is 0 Å². The number of benzene rings is 2. The standard InChI is InChI=1S/C15H10ClFN4/c16-11-5-10(1-3-12(11)17)8-19-15-20-13-4-2-9(7-18)6-14(13)21-15/h1-6H,8H2,(H2,19,20,21). The molecule has 0 saturated heterocycles. The number of nitrogens with zero attached hydrogens (tertiary/aromatic N) is 2. The van der Waals surface area contributed by atoms with Crippen molar-refractivity contribution in [2.75, 3.05) is 5.32 Å². The monoisotopic (exact) mass is 300 g/mol. The molecule has 3 aromatic rings. The Labute approximate surface area is 125 Å². The molecule has 0 fully saturated rings. The molecule has 1 aromatic heterocycles. The molecule has 0 aliphatic carbocycles. The number of nitrogens with one attached hydrogen (secondary N) is 2. The van der Waals surface area contributed by atoms with E-state index in [4.69, 9.17) is 16.9 Å². The van der Waals surface area contributed by atoms with Crippen LogP contribution in [-0.2, 0) is 6.54 Å². The lowest BCUT2D eigenvalue weighted by molar-refractivity contribution is 0.627. The summed E-state index contributed by atoms with van der Waals surface area (Å²) in [6.07, 6.45) is 0. The quantitative estimate of drug-likeness (QED) is 0.772. The van der Waals surface area contributed by atoms with E-state index in [-0.39, 0.29) is 5.02 Å². The Balaban J connectivity index is 1.78. The van der Waals surface area contributed by atoms with Crippen LogP contribution >= 0.6 is 11.6 Å². The fourth-order valence-electron chi connectivity index (χ4n) is 2.00. The summed E-state index contributed by atoms with van der Waals surface area (Å²) in [5.74, 6) is 0.147. The molecule has 0 bridgehead atoms. The number of imidazole rings is 1. The van der Waals surface area contributed by atoms with E-state index in [2.05, 4.69) is 21.4 Å². The van der Waals surface area contributed by atoms with Gasteiger partial charge in [-0.3, -0.25) is 0 Å². The molecule has 0 spiro atoms. The van der Waals surface area contributed by atoms with Crippen molar-refractivity contribution in [1.29, 1.82) is 5.26 Å². The van der Waals surface area contributed by atoms with Gasteiger partial charge in [0.05, 0.1) is 27.7 Å². The van der Waals surface area contributed by atoms with Crippen molar-refractivity contribution in [2.24, 2.45) is 0 Å². The van der Waals surface area contributed by atoms with Gasteiger partial charge >= 0.3 is 0 Å². The van der Waals surface area contributed by atoms with Gasteiger partial charge in [-0.2, -0.15) is 5.26 Å². The first-order valence-electron chi connectivity index (χ1n) is 6.23. The van der Waals surface area contributed by atoms with Crippen LogP contribution < -0.4 is 5.32 Å². The summed E-state index contributed by atoms with van der Waals surface area (Å²) in [6.45, 7) is 0.463. The number of rotatable bonds is 3. The Kier molecular flexibility index (Phi) is 3.46. The maximum absolute atomic E-state index is 13.1.